The molecule has 1 amide bonds. The van der Waals surface area contributed by atoms with E-state index in [9.17, 15) is 4.79 Å². The van der Waals surface area contributed by atoms with E-state index in [1.807, 2.05) is 61.1 Å². The number of likely N-dealkylation sites (tertiary alicyclic amines) is 1. The number of carbonyl (C=O) groups excluding carboxylic acids is 1. The van der Waals surface area contributed by atoms with Crippen molar-refractivity contribution >= 4 is 33.9 Å². The van der Waals surface area contributed by atoms with E-state index in [-0.39, 0.29) is 12.5 Å². The number of aryl methyl sites for hydroxylation is 2. The highest BCUT2D eigenvalue weighted by molar-refractivity contribution is 7.10. The first kappa shape index (κ1) is 27.1. The van der Waals surface area contributed by atoms with E-state index in [2.05, 4.69) is 43.0 Å². The molecule has 4 aromatic heterocycles. The normalized spacial score (nSPS) is 15.8. The molecule has 6 rings (SSSR count). The summed E-state index contributed by atoms with van der Waals surface area (Å²) in [5.41, 5.74) is 6.66. The number of rotatable bonds is 9. The van der Waals surface area contributed by atoms with Crippen molar-refractivity contribution in [1.29, 1.82) is 0 Å². The van der Waals surface area contributed by atoms with E-state index in [1.165, 1.54) is 29.9 Å². The van der Waals surface area contributed by atoms with Gasteiger partial charge in [-0.1, -0.05) is 36.8 Å². The van der Waals surface area contributed by atoms with Gasteiger partial charge in [-0.05, 0) is 62.3 Å². The molecular formula is C30H35N9OS. The third-order valence-electron chi connectivity index (χ3n) is 7.38. The van der Waals surface area contributed by atoms with Crippen LogP contribution >= 0.6 is 11.5 Å². The van der Waals surface area contributed by atoms with Gasteiger partial charge in [0.05, 0.1) is 29.5 Å². The molecule has 1 atom stereocenters. The monoisotopic (exact) mass is 569 g/mol. The number of hydrogen-bond donors (Lipinski definition) is 2. The number of nitrogens with zero attached hydrogens (tertiary/aromatic N) is 7. The van der Waals surface area contributed by atoms with Crippen LogP contribution in [0.3, 0.4) is 0 Å². The zero-order valence-corrected chi connectivity index (χ0v) is 24.5. The lowest BCUT2D eigenvalue weighted by Crippen LogP contribution is -2.33. The maximum absolute atomic E-state index is 12.5. The Bertz CT molecular complexity index is 1650. The first-order chi connectivity index (χ1) is 19.9. The second kappa shape index (κ2) is 11.8. The zero-order valence-electron chi connectivity index (χ0n) is 23.7. The molecule has 1 aliphatic heterocycles. The predicted octanol–water partition coefficient (Wildman–Crippen LogP) is 4.96. The lowest BCUT2D eigenvalue weighted by molar-refractivity contribution is -0.122. The summed E-state index contributed by atoms with van der Waals surface area (Å²) in [5, 5.41) is 11.8. The Morgan fingerprint density at radius 3 is 2.83 bits per heavy atom. The summed E-state index contributed by atoms with van der Waals surface area (Å²) < 4.78 is 8.35. The molecule has 5 heterocycles. The fraction of sp³-hybridized carbons (Fsp3) is 0.367. The number of imidazole rings is 1. The molecule has 0 spiro atoms. The molecule has 11 heteroatoms. The average Bonchev–Trinajstić information content (AvgIpc) is 3.69. The van der Waals surface area contributed by atoms with Crippen molar-refractivity contribution < 1.29 is 4.79 Å². The van der Waals surface area contributed by atoms with Crippen LogP contribution in [0.2, 0.25) is 0 Å². The molecule has 0 aliphatic carbocycles. The first-order valence-corrected chi connectivity index (χ1v) is 14.8. The quantitative estimate of drug-likeness (QED) is 0.259. The molecule has 1 saturated heterocycles. The minimum absolute atomic E-state index is 0.0939. The fourth-order valence-corrected chi connectivity index (χ4v) is 5.98. The van der Waals surface area contributed by atoms with Gasteiger partial charge in [0.25, 0.3) is 0 Å². The lowest BCUT2D eigenvalue weighted by atomic mass is 10.0. The van der Waals surface area contributed by atoms with Crippen LogP contribution in [-0.2, 0) is 24.4 Å². The van der Waals surface area contributed by atoms with Crippen molar-refractivity contribution in [1.82, 2.24) is 38.7 Å². The smallest absolute Gasteiger partial charge is 0.241 e. The van der Waals surface area contributed by atoms with Crippen LogP contribution in [0, 0.1) is 19.8 Å². The molecule has 41 heavy (non-hydrogen) atoms. The summed E-state index contributed by atoms with van der Waals surface area (Å²) in [6, 6.07) is 10.2. The number of carbonyl (C=O) groups is 1. The van der Waals surface area contributed by atoms with Gasteiger partial charge in [0.2, 0.25) is 5.91 Å². The highest BCUT2D eigenvalue weighted by Gasteiger charge is 2.18. The summed E-state index contributed by atoms with van der Waals surface area (Å²) in [6.07, 6.45) is 9.97. The van der Waals surface area contributed by atoms with Gasteiger partial charge in [0, 0.05) is 37.6 Å². The minimum atomic E-state index is -0.0939. The topological polar surface area (TPSA) is 105 Å². The van der Waals surface area contributed by atoms with Gasteiger partial charge in [-0.15, -0.1) is 0 Å². The largest absolute Gasteiger partial charge is 0.350 e. The van der Waals surface area contributed by atoms with E-state index in [1.54, 1.807) is 10.9 Å². The van der Waals surface area contributed by atoms with Gasteiger partial charge in [0.1, 0.15) is 11.5 Å². The highest BCUT2D eigenvalue weighted by Crippen LogP contribution is 2.28. The van der Waals surface area contributed by atoms with Gasteiger partial charge >= 0.3 is 0 Å². The van der Waals surface area contributed by atoms with Gasteiger partial charge < -0.3 is 10.6 Å². The summed E-state index contributed by atoms with van der Waals surface area (Å²) in [7, 11) is 0. The molecule has 0 radical (unpaired) electrons. The number of hydrogen-bond acceptors (Lipinski definition) is 8. The van der Waals surface area contributed by atoms with Crippen LogP contribution in [0.15, 0.2) is 55.1 Å². The minimum Gasteiger partial charge on any atom is -0.350 e. The van der Waals surface area contributed by atoms with Crippen LogP contribution in [-0.4, -0.2) is 52.4 Å². The van der Waals surface area contributed by atoms with E-state index in [4.69, 9.17) is 4.98 Å². The Balaban J connectivity index is 1.13. The standard InChI is InChI=1S/C30H35N9OS/c1-20-6-8-23(9-7-20)12-31-27(40)19-38-17-24(13-33-38)26-14-32-30-29(34-22(3)16-39(26)30)35-28-11-25(36-41-28)18-37-10-4-5-21(2)15-37/h6-9,11,13-14,16-17,21H,4-5,10,12,15,18-19H2,1-3H3,(H,31,40)(H,34,35). The summed E-state index contributed by atoms with van der Waals surface area (Å²) in [5.74, 6) is 1.33. The molecule has 5 aromatic rings. The number of nitrogens with one attached hydrogen (secondary N) is 2. The first-order valence-electron chi connectivity index (χ1n) is 14.0. The number of piperidine rings is 1. The molecule has 212 valence electrons. The summed E-state index contributed by atoms with van der Waals surface area (Å²) >= 11 is 1.45. The molecular weight excluding hydrogens is 534 g/mol. The Kier molecular flexibility index (Phi) is 7.80. The predicted molar refractivity (Wildman–Crippen MR) is 161 cm³/mol. The Labute approximate surface area is 243 Å². The molecule has 1 aromatic carbocycles. The molecule has 0 saturated carbocycles. The summed E-state index contributed by atoms with van der Waals surface area (Å²) in [4.78, 5) is 24.4. The van der Waals surface area contributed by atoms with Crippen molar-refractivity contribution in [2.24, 2.45) is 5.92 Å². The van der Waals surface area contributed by atoms with Crippen LogP contribution in [0.1, 0.15) is 42.3 Å². The third-order valence-corrected chi connectivity index (χ3v) is 8.13. The van der Waals surface area contributed by atoms with Crippen molar-refractivity contribution in [2.75, 3.05) is 18.4 Å². The van der Waals surface area contributed by atoms with Gasteiger partial charge in [0.15, 0.2) is 11.5 Å². The maximum atomic E-state index is 12.5. The number of amides is 1. The SMILES string of the molecule is Cc1ccc(CNC(=O)Cn2cc(-c3cnc4c(Nc5cc(CN6CCCC(C)C6)ns5)nc(C)cn34)cn2)cc1. The van der Waals surface area contributed by atoms with Crippen molar-refractivity contribution in [3.8, 4) is 11.3 Å². The van der Waals surface area contributed by atoms with Crippen LogP contribution < -0.4 is 10.6 Å². The van der Waals surface area contributed by atoms with E-state index in [0.29, 0.717) is 18.0 Å². The van der Waals surface area contributed by atoms with Crippen LogP contribution in [0.5, 0.6) is 0 Å². The molecule has 10 nitrogen and oxygen atoms in total. The fourth-order valence-electron chi connectivity index (χ4n) is 5.32. The number of benzene rings is 1. The second-order valence-corrected chi connectivity index (χ2v) is 11.9. The number of aromatic nitrogens is 6. The Morgan fingerprint density at radius 1 is 1.15 bits per heavy atom. The van der Waals surface area contributed by atoms with Gasteiger partial charge in [-0.25, -0.2) is 9.97 Å². The molecule has 1 aliphatic rings. The molecule has 0 bridgehead atoms. The summed E-state index contributed by atoms with van der Waals surface area (Å²) in [6.45, 7) is 10.1. The lowest BCUT2D eigenvalue weighted by Gasteiger charge is -2.30. The Hall–Kier alpha value is -4.09. The van der Waals surface area contributed by atoms with Crippen molar-refractivity contribution in [2.45, 2.75) is 53.2 Å². The number of anilines is 2. The van der Waals surface area contributed by atoms with E-state index >= 15 is 0 Å². The second-order valence-electron chi connectivity index (χ2n) is 11.0. The van der Waals surface area contributed by atoms with Gasteiger partial charge in [-0.3, -0.25) is 18.8 Å². The zero-order chi connectivity index (χ0) is 28.3. The van der Waals surface area contributed by atoms with Crippen LogP contribution in [0.4, 0.5) is 10.8 Å². The third kappa shape index (κ3) is 6.47. The molecule has 2 N–H and O–H groups in total. The Morgan fingerprint density at radius 2 is 2.00 bits per heavy atom. The maximum Gasteiger partial charge on any atom is 0.241 e. The molecule has 1 fully saturated rings. The van der Waals surface area contributed by atoms with Gasteiger partial charge in [-0.2, -0.15) is 9.47 Å². The average molecular weight is 570 g/mol. The van der Waals surface area contributed by atoms with E-state index in [0.717, 1.165) is 58.8 Å². The number of fused-ring (bicyclic) bond motifs is 1. The highest BCUT2D eigenvalue weighted by atomic mass is 32.1. The van der Waals surface area contributed by atoms with Crippen LogP contribution in [0.25, 0.3) is 16.9 Å². The van der Waals surface area contributed by atoms with Crippen molar-refractivity contribution in [3.05, 3.63) is 77.6 Å². The van der Waals surface area contributed by atoms with E-state index < -0.39 is 0 Å². The molecule has 1 unspecified atom stereocenters. The van der Waals surface area contributed by atoms with Crippen molar-refractivity contribution in [3.63, 3.8) is 0 Å².